The van der Waals surface area contributed by atoms with Gasteiger partial charge in [-0.1, -0.05) is 54.6 Å². The molecule has 3 aromatic carbocycles. The third-order valence-electron chi connectivity index (χ3n) is 3.25. The van der Waals surface area contributed by atoms with Gasteiger partial charge >= 0.3 is 0 Å². The van der Waals surface area contributed by atoms with Gasteiger partial charge < -0.3 is 5.73 Å². The van der Waals surface area contributed by atoms with E-state index in [1.54, 1.807) is 0 Å². The number of fused-ring (bicyclic) bond motifs is 1. The van der Waals surface area contributed by atoms with Crippen molar-refractivity contribution < 1.29 is 0 Å². The van der Waals surface area contributed by atoms with Crippen LogP contribution in [0.15, 0.2) is 66.7 Å². The zero-order valence-corrected chi connectivity index (χ0v) is 10.1. The molecule has 0 unspecified atom stereocenters. The predicted octanol–water partition coefficient (Wildman–Crippen LogP) is 4.01. The molecule has 0 aliphatic carbocycles. The molecule has 88 valence electrons. The van der Waals surface area contributed by atoms with E-state index in [1.807, 2.05) is 12.1 Å². The topological polar surface area (TPSA) is 26.0 Å². The van der Waals surface area contributed by atoms with Crippen LogP contribution in [0.25, 0.3) is 10.8 Å². The number of benzene rings is 3. The van der Waals surface area contributed by atoms with Crippen LogP contribution in [0.1, 0.15) is 11.1 Å². The first-order chi connectivity index (χ1) is 8.83. The summed E-state index contributed by atoms with van der Waals surface area (Å²) < 4.78 is 0. The molecule has 2 N–H and O–H groups in total. The molecule has 1 nitrogen and oxygen atoms in total. The number of rotatable bonds is 2. The summed E-state index contributed by atoms with van der Waals surface area (Å²) in [5.74, 6) is 0. The maximum absolute atomic E-state index is 5.71. The summed E-state index contributed by atoms with van der Waals surface area (Å²) in [6, 6.07) is 23.1. The van der Waals surface area contributed by atoms with E-state index in [9.17, 15) is 0 Å². The molecule has 0 heterocycles. The predicted molar refractivity (Wildman–Crippen MR) is 77.6 cm³/mol. The second kappa shape index (κ2) is 4.53. The summed E-state index contributed by atoms with van der Waals surface area (Å²) in [6.45, 7) is 0. The van der Waals surface area contributed by atoms with Crippen LogP contribution in [0.5, 0.6) is 0 Å². The van der Waals surface area contributed by atoms with E-state index in [1.165, 1.54) is 21.9 Å². The van der Waals surface area contributed by atoms with Crippen molar-refractivity contribution in [2.75, 3.05) is 5.73 Å². The third-order valence-corrected chi connectivity index (χ3v) is 3.25. The molecule has 0 bridgehead atoms. The number of hydrogen-bond donors (Lipinski definition) is 1. The maximum Gasteiger partial charge on any atom is 0.0314 e. The second-order valence-electron chi connectivity index (χ2n) is 4.56. The molecule has 0 spiro atoms. The highest BCUT2D eigenvalue weighted by molar-refractivity contribution is 5.85. The fourth-order valence-corrected chi connectivity index (χ4v) is 2.30. The Labute approximate surface area is 107 Å². The van der Waals surface area contributed by atoms with Crippen LogP contribution in [0.2, 0.25) is 0 Å². The van der Waals surface area contributed by atoms with E-state index >= 15 is 0 Å². The molecule has 0 amide bonds. The van der Waals surface area contributed by atoms with Crippen molar-refractivity contribution in [3.05, 3.63) is 77.9 Å². The van der Waals surface area contributed by atoms with Crippen molar-refractivity contribution in [1.82, 2.24) is 0 Å². The normalized spacial score (nSPS) is 10.7. The van der Waals surface area contributed by atoms with Gasteiger partial charge in [-0.25, -0.2) is 0 Å². The van der Waals surface area contributed by atoms with Crippen molar-refractivity contribution in [1.29, 1.82) is 0 Å². The minimum Gasteiger partial charge on any atom is -0.399 e. The Morgan fingerprint density at radius 3 is 2.28 bits per heavy atom. The van der Waals surface area contributed by atoms with Crippen LogP contribution in [-0.2, 0) is 6.42 Å². The molecule has 0 radical (unpaired) electrons. The van der Waals surface area contributed by atoms with Crippen molar-refractivity contribution in [2.45, 2.75) is 6.42 Å². The van der Waals surface area contributed by atoms with Gasteiger partial charge in [0.15, 0.2) is 0 Å². The quantitative estimate of drug-likeness (QED) is 0.665. The molecule has 3 aromatic rings. The third kappa shape index (κ3) is 2.07. The van der Waals surface area contributed by atoms with Crippen LogP contribution < -0.4 is 5.73 Å². The van der Waals surface area contributed by atoms with Crippen LogP contribution in [0, 0.1) is 0 Å². The highest BCUT2D eigenvalue weighted by atomic mass is 14.5. The van der Waals surface area contributed by atoms with Crippen molar-refractivity contribution in [3.63, 3.8) is 0 Å². The lowest BCUT2D eigenvalue weighted by Gasteiger charge is -2.07. The number of nitrogen functional groups attached to an aromatic ring is 1. The standard InChI is InChI=1S/C17H15N/c18-16-10-8-13(9-11-16)12-15-6-3-5-14-4-1-2-7-17(14)15/h1-11H,12,18H2. The van der Waals surface area contributed by atoms with Crippen LogP contribution >= 0.6 is 0 Å². The van der Waals surface area contributed by atoms with Crippen LogP contribution in [-0.4, -0.2) is 0 Å². The van der Waals surface area contributed by atoms with Crippen molar-refractivity contribution in [3.8, 4) is 0 Å². The molecule has 0 atom stereocenters. The van der Waals surface area contributed by atoms with E-state index < -0.39 is 0 Å². The molecule has 0 aliphatic heterocycles. The Kier molecular flexibility index (Phi) is 2.73. The fourth-order valence-electron chi connectivity index (χ4n) is 2.30. The zero-order valence-electron chi connectivity index (χ0n) is 10.1. The van der Waals surface area contributed by atoms with Gasteiger partial charge in [0.25, 0.3) is 0 Å². The minimum absolute atomic E-state index is 0.816. The first-order valence-corrected chi connectivity index (χ1v) is 6.14. The summed E-state index contributed by atoms with van der Waals surface area (Å²) in [5, 5.41) is 2.63. The SMILES string of the molecule is Nc1ccc(Cc2cccc3ccccc23)cc1. The number of anilines is 1. The average molecular weight is 233 g/mol. The Morgan fingerprint density at radius 2 is 1.44 bits per heavy atom. The highest BCUT2D eigenvalue weighted by Gasteiger charge is 2.01. The van der Waals surface area contributed by atoms with Gasteiger partial charge in [0, 0.05) is 5.69 Å². The van der Waals surface area contributed by atoms with Gasteiger partial charge in [-0.05, 0) is 40.5 Å². The van der Waals surface area contributed by atoms with Gasteiger partial charge in [0.1, 0.15) is 0 Å². The Bertz CT molecular complexity index is 663. The Morgan fingerprint density at radius 1 is 0.722 bits per heavy atom. The lowest BCUT2D eigenvalue weighted by Crippen LogP contribution is -1.91. The van der Waals surface area contributed by atoms with Gasteiger partial charge in [-0.3, -0.25) is 0 Å². The largest absolute Gasteiger partial charge is 0.399 e. The first-order valence-electron chi connectivity index (χ1n) is 6.14. The number of hydrogen-bond acceptors (Lipinski definition) is 1. The molecule has 0 aromatic heterocycles. The first kappa shape index (κ1) is 10.8. The van der Waals surface area contributed by atoms with Gasteiger partial charge in [0.05, 0.1) is 0 Å². The fraction of sp³-hybridized carbons (Fsp3) is 0.0588. The highest BCUT2D eigenvalue weighted by Crippen LogP contribution is 2.21. The Hall–Kier alpha value is -2.28. The molecule has 0 saturated heterocycles. The molecule has 0 saturated carbocycles. The molecular weight excluding hydrogens is 218 g/mol. The monoisotopic (exact) mass is 233 g/mol. The number of nitrogens with two attached hydrogens (primary N) is 1. The minimum atomic E-state index is 0.816. The molecule has 18 heavy (non-hydrogen) atoms. The van der Waals surface area contributed by atoms with Crippen molar-refractivity contribution in [2.24, 2.45) is 0 Å². The van der Waals surface area contributed by atoms with Gasteiger partial charge in [-0.15, -0.1) is 0 Å². The summed E-state index contributed by atoms with van der Waals surface area (Å²) >= 11 is 0. The zero-order chi connectivity index (χ0) is 12.4. The Balaban J connectivity index is 2.02. The molecule has 1 heteroatoms. The molecule has 0 aliphatic rings. The summed E-state index contributed by atoms with van der Waals surface area (Å²) in [4.78, 5) is 0. The lowest BCUT2D eigenvalue weighted by molar-refractivity contribution is 1.21. The second-order valence-corrected chi connectivity index (χ2v) is 4.56. The molecule has 3 rings (SSSR count). The van der Waals surface area contributed by atoms with E-state index in [4.69, 9.17) is 5.73 Å². The summed E-state index contributed by atoms with van der Waals surface area (Å²) in [7, 11) is 0. The van der Waals surface area contributed by atoms with E-state index in [2.05, 4.69) is 54.6 Å². The van der Waals surface area contributed by atoms with Crippen LogP contribution in [0.4, 0.5) is 5.69 Å². The summed E-state index contributed by atoms with van der Waals surface area (Å²) in [6.07, 6.45) is 0.946. The average Bonchev–Trinajstić information content (AvgIpc) is 2.42. The lowest BCUT2D eigenvalue weighted by atomic mass is 9.98. The van der Waals surface area contributed by atoms with E-state index in [-0.39, 0.29) is 0 Å². The van der Waals surface area contributed by atoms with Gasteiger partial charge in [0.2, 0.25) is 0 Å². The summed E-state index contributed by atoms with van der Waals surface area (Å²) in [5.41, 5.74) is 9.18. The van der Waals surface area contributed by atoms with Crippen LogP contribution in [0.3, 0.4) is 0 Å². The molecular formula is C17H15N. The maximum atomic E-state index is 5.71. The molecule has 0 fully saturated rings. The smallest absolute Gasteiger partial charge is 0.0314 e. The van der Waals surface area contributed by atoms with E-state index in [0.717, 1.165) is 12.1 Å². The van der Waals surface area contributed by atoms with Gasteiger partial charge in [-0.2, -0.15) is 0 Å². The van der Waals surface area contributed by atoms with Crippen molar-refractivity contribution >= 4 is 16.5 Å². The van der Waals surface area contributed by atoms with E-state index in [0.29, 0.717) is 0 Å².